The summed E-state index contributed by atoms with van der Waals surface area (Å²) < 4.78 is 10.6. The lowest BCUT2D eigenvalue weighted by Crippen LogP contribution is -2.17. The number of imidazole rings is 1. The number of aromatic nitrogens is 2. The molecule has 2 rings (SSSR count). The van der Waals surface area contributed by atoms with Crippen molar-refractivity contribution in [3.63, 3.8) is 0 Å². The molecule has 0 bridgehead atoms. The molecular formula is C14H19N3O2. The highest BCUT2D eigenvalue weighted by molar-refractivity contribution is 5.40. The van der Waals surface area contributed by atoms with Crippen LogP contribution < -0.4 is 14.8 Å². The highest BCUT2D eigenvalue weighted by atomic mass is 16.5. The summed E-state index contributed by atoms with van der Waals surface area (Å²) in [6.07, 6.45) is 4.46. The Morgan fingerprint density at radius 2 is 2.16 bits per heavy atom. The summed E-state index contributed by atoms with van der Waals surface area (Å²) in [5.74, 6) is 1.71. The van der Waals surface area contributed by atoms with Gasteiger partial charge in [0.05, 0.1) is 20.5 Å². The van der Waals surface area contributed by atoms with Gasteiger partial charge in [-0.1, -0.05) is 0 Å². The minimum atomic E-state index is 0.745. The zero-order valence-corrected chi connectivity index (χ0v) is 11.3. The summed E-state index contributed by atoms with van der Waals surface area (Å²) in [5.41, 5.74) is 2.22. The molecule has 1 aromatic carbocycles. The van der Waals surface area contributed by atoms with Gasteiger partial charge in [0.2, 0.25) is 0 Å². The smallest absolute Gasteiger partial charge is 0.123 e. The molecule has 5 heteroatoms. The number of aromatic amines is 1. The fraction of sp³-hybridized carbons (Fsp3) is 0.357. The molecule has 0 unspecified atom stereocenters. The molecule has 0 atom stereocenters. The maximum Gasteiger partial charge on any atom is 0.123 e. The number of hydrogen-bond acceptors (Lipinski definition) is 4. The Balaban J connectivity index is 1.87. The molecule has 0 radical (unpaired) electrons. The molecule has 1 heterocycles. The SMILES string of the molecule is COc1ccc(OC)c(CNCCc2cnc[nH]2)c1. The molecule has 0 amide bonds. The van der Waals surface area contributed by atoms with Crippen molar-refractivity contribution in [1.29, 1.82) is 0 Å². The topological polar surface area (TPSA) is 59.2 Å². The zero-order chi connectivity index (χ0) is 13.5. The first-order valence-corrected chi connectivity index (χ1v) is 6.22. The van der Waals surface area contributed by atoms with E-state index >= 15 is 0 Å². The molecular weight excluding hydrogens is 242 g/mol. The normalized spacial score (nSPS) is 10.4. The molecule has 0 aliphatic carbocycles. The molecule has 0 saturated heterocycles. The predicted molar refractivity (Wildman–Crippen MR) is 73.5 cm³/mol. The average Bonchev–Trinajstić information content (AvgIpc) is 2.96. The number of H-pyrrole nitrogens is 1. The van der Waals surface area contributed by atoms with Gasteiger partial charge < -0.3 is 19.8 Å². The second kappa shape index (κ2) is 6.80. The number of nitrogens with zero attached hydrogens (tertiary/aromatic N) is 1. The summed E-state index contributed by atoms with van der Waals surface area (Å²) in [4.78, 5) is 7.07. The van der Waals surface area contributed by atoms with Gasteiger partial charge in [0.1, 0.15) is 11.5 Å². The Morgan fingerprint density at radius 3 is 2.84 bits per heavy atom. The summed E-state index contributed by atoms with van der Waals surface area (Å²) in [6, 6.07) is 5.81. The van der Waals surface area contributed by atoms with E-state index in [-0.39, 0.29) is 0 Å². The Hall–Kier alpha value is -2.01. The molecule has 0 aliphatic rings. The van der Waals surface area contributed by atoms with Gasteiger partial charge in [-0.2, -0.15) is 0 Å². The lowest BCUT2D eigenvalue weighted by atomic mass is 10.2. The van der Waals surface area contributed by atoms with Crippen molar-refractivity contribution in [3.05, 3.63) is 42.0 Å². The number of hydrogen-bond donors (Lipinski definition) is 2. The second-order valence-electron chi connectivity index (χ2n) is 4.18. The van der Waals surface area contributed by atoms with E-state index < -0.39 is 0 Å². The Bertz CT molecular complexity index is 497. The lowest BCUT2D eigenvalue weighted by Gasteiger charge is -2.11. The quantitative estimate of drug-likeness (QED) is 0.746. The number of nitrogens with one attached hydrogen (secondary N) is 2. The van der Waals surface area contributed by atoms with Crippen LogP contribution in [0.1, 0.15) is 11.3 Å². The van der Waals surface area contributed by atoms with Crippen LogP contribution >= 0.6 is 0 Å². The first-order chi connectivity index (χ1) is 9.33. The van der Waals surface area contributed by atoms with Crippen LogP contribution in [0.15, 0.2) is 30.7 Å². The molecule has 1 aromatic heterocycles. The van der Waals surface area contributed by atoms with Crippen LogP contribution in [0.5, 0.6) is 11.5 Å². The number of ether oxygens (including phenoxy) is 2. The van der Waals surface area contributed by atoms with Crippen molar-refractivity contribution in [3.8, 4) is 11.5 Å². The van der Waals surface area contributed by atoms with Crippen LogP contribution in [0.4, 0.5) is 0 Å². The highest BCUT2D eigenvalue weighted by Gasteiger charge is 2.04. The van der Waals surface area contributed by atoms with Crippen molar-refractivity contribution in [2.24, 2.45) is 0 Å². The van der Waals surface area contributed by atoms with E-state index in [9.17, 15) is 0 Å². The number of rotatable bonds is 7. The summed E-state index contributed by atoms with van der Waals surface area (Å²) in [5, 5.41) is 3.38. The Morgan fingerprint density at radius 1 is 1.26 bits per heavy atom. The van der Waals surface area contributed by atoms with Gasteiger partial charge in [-0.05, 0) is 18.2 Å². The molecule has 0 fully saturated rings. The monoisotopic (exact) mass is 261 g/mol. The fourth-order valence-electron chi connectivity index (χ4n) is 1.89. The van der Waals surface area contributed by atoms with Crippen molar-refractivity contribution in [1.82, 2.24) is 15.3 Å². The van der Waals surface area contributed by atoms with E-state index in [1.54, 1.807) is 20.5 Å². The van der Waals surface area contributed by atoms with E-state index in [0.717, 1.165) is 42.3 Å². The molecule has 19 heavy (non-hydrogen) atoms. The van der Waals surface area contributed by atoms with E-state index in [1.807, 2.05) is 24.4 Å². The van der Waals surface area contributed by atoms with Crippen molar-refractivity contribution in [2.45, 2.75) is 13.0 Å². The number of benzene rings is 1. The lowest BCUT2D eigenvalue weighted by molar-refractivity contribution is 0.397. The second-order valence-corrected chi connectivity index (χ2v) is 4.18. The Kier molecular flexibility index (Phi) is 4.80. The largest absolute Gasteiger partial charge is 0.497 e. The molecule has 2 aromatic rings. The summed E-state index contributed by atoms with van der Waals surface area (Å²) in [6.45, 7) is 1.62. The van der Waals surface area contributed by atoms with E-state index in [0.29, 0.717) is 0 Å². The van der Waals surface area contributed by atoms with Crippen LogP contribution in [-0.4, -0.2) is 30.7 Å². The van der Waals surface area contributed by atoms with Crippen LogP contribution in [0.25, 0.3) is 0 Å². The zero-order valence-electron chi connectivity index (χ0n) is 11.3. The minimum Gasteiger partial charge on any atom is -0.497 e. The Labute approximate surface area is 113 Å². The first-order valence-electron chi connectivity index (χ1n) is 6.22. The van der Waals surface area contributed by atoms with E-state index in [2.05, 4.69) is 15.3 Å². The maximum atomic E-state index is 5.34. The van der Waals surface area contributed by atoms with Gasteiger partial charge in [-0.15, -0.1) is 0 Å². The highest BCUT2D eigenvalue weighted by Crippen LogP contribution is 2.23. The van der Waals surface area contributed by atoms with Crippen molar-refractivity contribution < 1.29 is 9.47 Å². The maximum absolute atomic E-state index is 5.34. The van der Waals surface area contributed by atoms with Crippen LogP contribution in [-0.2, 0) is 13.0 Å². The molecule has 0 aliphatic heterocycles. The predicted octanol–water partition coefficient (Wildman–Crippen LogP) is 1.76. The van der Waals surface area contributed by atoms with Crippen LogP contribution in [0.3, 0.4) is 0 Å². The van der Waals surface area contributed by atoms with Gasteiger partial charge in [0.15, 0.2) is 0 Å². The van der Waals surface area contributed by atoms with Crippen molar-refractivity contribution in [2.75, 3.05) is 20.8 Å². The molecule has 2 N–H and O–H groups in total. The van der Waals surface area contributed by atoms with Crippen LogP contribution in [0.2, 0.25) is 0 Å². The van der Waals surface area contributed by atoms with Gasteiger partial charge in [0.25, 0.3) is 0 Å². The van der Waals surface area contributed by atoms with E-state index in [4.69, 9.17) is 9.47 Å². The van der Waals surface area contributed by atoms with Gasteiger partial charge in [0, 0.05) is 37.0 Å². The van der Waals surface area contributed by atoms with Gasteiger partial charge >= 0.3 is 0 Å². The summed E-state index contributed by atoms with van der Waals surface area (Å²) >= 11 is 0. The standard InChI is InChI=1S/C14H19N3O2/c1-18-13-3-4-14(19-2)11(7-13)8-15-6-5-12-9-16-10-17-12/h3-4,7,9-10,15H,5-6,8H2,1-2H3,(H,16,17). The molecule has 5 nitrogen and oxygen atoms in total. The molecule has 0 spiro atoms. The minimum absolute atomic E-state index is 0.745. The van der Waals surface area contributed by atoms with Gasteiger partial charge in [-0.3, -0.25) is 0 Å². The van der Waals surface area contributed by atoms with E-state index in [1.165, 1.54) is 0 Å². The third-order valence-electron chi connectivity index (χ3n) is 2.93. The third-order valence-corrected chi connectivity index (χ3v) is 2.93. The third kappa shape index (κ3) is 3.72. The molecule has 0 saturated carbocycles. The first kappa shape index (κ1) is 13.4. The number of methoxy groups -OCH3 is 2. The van der Waals surface area contributed by atoms with Crippen molar-refractivity contribution >= 4 is 0 Å². The van der Waals surface area contributed by atoms with Gasteiger partial charge in [-0.25, -0.2) is 4.98 Å². The average molecular weight is 261 g/mol. The summed E-state index contributed by atoms with van der Waals surface area (Å²) in [7, 11) is 3.34. The van der Waals surface area contributed by atoms with Crippen LogP contribution in [0, 0.1) is 0 Å². The molecule has 102 valence electrons. The fourth-order valence-corrected chi connectivity index (χ4v) is 1.89.